The van der Waals surface area contributed by atoms with E-state index in [1.54, 1.807) is 0 Å². The van der Waals surface area contributed by atoms with Crippen molar-refractivity contribution in [2.45, 2.75) is 20.1 Å². The van der Waals surface area contributed by atoms with Crippen LogP contribution in [-0.2, 0) is 13.2 Å². The van der Waals surface area contributed by atoms with Crippen molar-refractivity contribution in [1.29, 1.82) is 0 Å². The third kappa shape index (κ3) is 3.25. The molecule has 3 heteroatoms. The minimum Gasteiger partial charge on any atom is -0.392 e. The number of halogens is 1. The Labute approximate surface area is 112 Å². The van der Waals surface area contributed by atoms with Gasteiger partial charge in [0.1, 0.15) is 0 Å². The number of aryl methyl sites for hydroxylation is 1. The molecule has 0 spiro atoms. The van der Waals surface area contributed by atoms with Crippen molar-refractivity contribution in [3.05, 3.63) is 64.2 Å². The normalized spacial score (nSPS) is 10.4. The molecule has 0 saturated carbocycles. The van der Waals surface area contributed by atoms with Crippen LogP contribution in [0.25, 0.3) is 0 Å². The van der Waals surface area contributed by atoms with Crippen LogP contribution in [0.15, 0.2) is 42.5 Å². The van der Waals surface area contributed by atoms with Crippen molar-refractivity contribution in [2.75, 3.05) is 5.32 Å². The molecule has 2 aromatic rings. The van der Waals surface area contributed by atoms with E-state index in [4.69, 9.17) is 16.7 Å². The molecule has 2 rings (SSSR count). The fraction of sp³-hybridized carbons (Fsp3) is 0.200. The van der Waals surface area contributed by atoms with Gasteiger partial charge in [-0.05, 0) is 35.7 Å². The molecule has 0 aliphatic rings. The average Bonchev–Trinajstić information content (AvgIpc) is 2.40. The quantitative estimate of drug-likeness (QED) is 0.879. The highest BCUT2D eigenvalue weighted by Crippen LogP contribution is 2.23. The summed E-state index contributed by atoms with van der Waals surface area (Å²) < 4.78 is 0. The number of anilines is 1. The van der Waals surface area contributed by atoms with Gasteiger partial charge >= 0.3 is 0 Å². The molecule has 0 bridgehead atoms. The highest BCUT2D eigenvalue weighted by molar-refractivity contribution is 6.33. The molecule has 94 valence electrons. The van der Waals surface area contributed by atoms with E-state index in [0.717, 1.165) is 28.4 Å². The molecule has 0 aliphatic heterocycles. The molecule has 0 atom stereocenters. The van der Waals surface area contributed by atoms with Gasteiger partial charge in [0, 0.05) is 6.54 Å². The molecule has 18 heavy (non-hydrogen) atoms. The lowest BCUT2D eigenvalue weighted by Crippen LogP contribution is -2.00. The topological polar surface area (TPSA) is 32.3 Å². The van der Waals surface area contributed by atoms with E-state index >= 15 is 0 Å². The summed E-state index contributed by atoms with van der Waals surface area (Å²) in [5.74, 6) is 0. The summed E-state index contributed by atoms with van der Waals surface area (Å²) in [6.07, 6.45) is 0. The number of benzene rings is 2. The van der Waals surface area contributed by atoms with E-state index in [9.17, 15) is 0 Å². The number of hydrogen-bond donors (Lipinski definition) is 2. The first-order valence-electron chi connectivity index (χ1n) is 5.88. The van der Waals surface area contributed by atoms with Gasteiger partial charge in [-0.3, -0.25) is 0 Å². The van der Waals surface area contributed by atoms with Gasteiger partial charge in [-0.1, -0.05) is 41.9 Å². The second-order valence-electron chi connectivity index (χ2n) is 4.31. The summed E-state index contributed by atoms with van der Waals surface area (Å²) in [5.41, 5.74) is 4.21. The Kier molecular flexibility index (Phi) is 4.24. The van der Waals surface area contributed by atoms with Gasteiger partial charge in [0.25, 0.3) is 0 Å². The zero-order chi connectivity index (χ0) is 13.0. The summed E-state index contributed by atoms with van der Waals surface area (Å²) in [6.45, 7) is 2.84. The molecule has 0 unspecified atom stereocenters. The minimum atomic E-state index is 0.0808. The standard InChI is InChI=1S/C15H16ClNO/c1-11-2-7-14(16)15(8-11)17-9-12-3-5-13(10-18)6-4-12/h2-8,17-18H,9-10H2,1H3. The van der Waals surface area contributed by atoms with Crippen LogP contribution in [0.4, 0.5) is 5.69 Å². The van der Waals surface area contributed by atoms with E-state index in [0.29, 0.717) is 0 Å². The summed E-state index contributed by atoms with van der Waals surface area (Å²) in [5, 5.41) is 13.0. The number of hydrogen-bond acceptors (Lipinski definition) is 2. The van der Waals surface area contributed by atoms with Crippen LogP contribution in [0.5, 0.6) is 0 Å². The Bertz CT molecular complexity index is 523. The molecule has 0 amide bonds. The monoisotopic (exact) mass is 261 g/mol. The molecule has 0 aromatic heterocycles. The van der Waals surface area contributed by atoms with Gasteiger partial charge in [0.2, 0.25) is 0 Å². The number of nitrogens with one attached hydrogen (secondary N) is 1. The first kappa shape index (κ1) is 12.9. The molecule has 2 nitrogen and oxygen atoms in total. The van der Waals surface area contributed by atoms with Crippen molar-refractivity contribution in [2.24, 2.45) is 0 Å². The van der Waals surface area contributed by atoms with Crippen molar-refractivity contribution < 1.29 is 5.11 Å². The van der Waals surface area contributed by atoms with Gasteiger partial charge in [-0.25, -0.2) is 0 Å². The molecule has 0 heterocycles. The van der Waals surface area contributed by atoms with Crippen LogP contribution < -0.4 is 5.32 Å². The van der Waals surface area contributed by atoms with E-state index in [-0.39, 0.29) is 6.61 Å². The van der Waals surface area contributed by atoms with Gasteiger partial charge in [0.15, 0.2) is 0 Å². The Balaban J connectivity index is 2.04. The predicted molar refractivity (Wildman–Crippen MR) is 75.9 cm³/mol. The number of rotatable bonds is 4. The first-order valence-corrected chi connectivity index (χ1v) is 6.25. The van der Waals surface area contributed by atoms with Crippen LogP contribution in [0, 0.1) is 6.92 Å². The maximum absolute atomic E-state index is 8.97. The van der Waals surface area contributed by atoms with Gasteiger partial charge in [-0.2, -0.15) is 0 Å². The van der Waals surface area contributed by atoms with E-state index in [1.165, 1.54) is 5.56 Å². The second kappa shape index (κ2) is 5.89. The summed E-state index contributed by atoms with van der Waals surface area (Å²) >= 11 is 6.11. The SMILES string of the molecule is Cc1ccc(Cl)c(NCc2ccc(CO)cc2)c1. The van der Waals surface area contributed by atoms with E-state index in [1.807, 2.05) is 49.4 Å². The molecule has 0 aliphatic carbocycles. The zero-order valence-corrected chi connectivity index (χ0v) is 11.0. The van der Waals surface area contributed by atoms with E-state index < -0.39 is 0 Å². The predicted octanol–water partition coefficient (Wildman–Crippen LogP) is 3.75. The Morgan fingerprint density at radius 1 is 1.06 bits per heavy atom. The fourth-order valence-electron chi connectivity index (χ4n) is 1.73. The number of aliphatic hydroxyl groups is 1. The Morgan fingerprint density at radius 2 is 1.72 bits per heavy atom. The Hall–Kier alpha value is -1.51. The molecule has 2 N–H and O–H groups in total. The molecule has 0 radical (unpaired) electrons. The van der Waals surface area contributed by atoms with Gasteiger partial charge in [-0.15, -0.1) is 0 Å². The van der Waals surface area contributed by atoms with Crippen LogP contribution >= 0.6 is 11.6 Å². The third-order valence-electron chi connectivity index (χ3n) is 2.81. The highest BCUT2D eigenvalue weighted by atomic mass is 35.5. The van der Waals surface area contributed by atoms with Crippen LogP contribution in [0.3, 0.4) is 0 Å². The minimum absolute atomic E-state index is 0.0808. The molecule has 0 saturated heterocycles. The largest absolute Gasteiger partial charge is 0.392 e. The molecule has 0 fully saturated rings. The summed E-state index contributed by atoms with van der Waals surface area (Å²) in [6, 6.07) is 13.8. The fourth-order valence-corrected chi connectivity index (χ4v) is 1.92. The molecule has 2 aromatic carbocycles. The van der Waals surface area contributed by atoms with Crippen LogP contribution in [0.1, 0.15) is 16.7 Å². The first-order chi connectivity index (χ1) is 8.69. The average molecular weight is 262 g/mol. The lowest BCUT2D eigenvalue weighted by molar-refractivity contribution is 0.282. The van der Waals surface area contributed by atoms with Crippen molar-refractivity contribution in [3.63, 3.8) is 0 Å². The third-order valence-corrected chi connectivity index (χ3v) is 3.14. The van der Waals surface area contributed by atoms with Gasteiger partial charge < -0.3 is 10.4 Å². The molecular weight excluding hydrogens is 246 g/mol. The number of aliphatic hydroxyl groups excluding tert-OH is 1. The maximum Gasteiger partial charge on any atom is 0.0681 e. The van der Waals surface area contributed by atoms with Crippen LogP contribution in [-0.4, -0.2) is 5.11 Å². The second-order valence-corrected chi connectivity index (χ2v) is 4.72. The zero-order valence-electron chi connectivity index (χ0n) is 10.3. The van der Waals surface area contributed by atoms with Gasteiger partial charge in [0.05, 0.1) is 17.3 Å². The lowest BCUT2D eigenvalue weighted by atomic mass is 10.1. The van der Waals surface area contributed by atoms with Crippen molar-refractivity contribution >= 4 is 17.3 Å². The summed E-state index contributed by atoms with van der Waals surface area (Å²) in [7, 11) is 0. The molecular formula is C15H16ClNO. The van der Waals surface area contributed by atoms with Crippen molar-refractivity contribution in [1.82, 2.24) is 0 Å². The lowest BCUT2D eigenvalue weighted by Gasteiger charge is -2.09. The maximum atomic E-state index is 8.97. The van der Waals surface area contributed by atoms with Crippen molar-refractivity contribution in [3.8, 4) is 0 Å². The van der Waals surface area contributed by atoms with Crippen LogP contribution in [0.2, 0.25) is 5.02 Å². The smallest absolute Gasteiger partial charge is 0.0681 e. The summed E-state index contributed by atoms with van der Waals surface area (Å²) in [4.78, 5) is 0. The van der Waals surface area contributed by atoms with E-state index in [2.05, 4.69) is 5.32 Å². The Morgan fingerprint density at radius 3 is 2.39 bits per heavy atom. The highest BCUT2D eigenvalue weighted by Gasteiger charge is 2.00.